The van der Waals surface area contributed by atoms with Crippen molar-refractivity contribution in [3.05, 3.63) is 47.8 Å². The Morgan fingerprint density at radius 1 is 1.54 bits per heavy atom. The summed E-state index contributed by atoms with van der Waals surface area (Å²) in [4.78, 5) is 0. The summed E-state index contributed by atoms with van der Waals surface area (Å²) in [6.45, 7) is 5.35. The molecular formula is C10H13ClFN. The average Bonchev–Trinajstić information content (AvgIpc) is 2.03. The molecule has 0 bridgehead atoms. The fourth-order valence-corrected chi connectivity index (χ4v) is 1.03. The van der Waals surface area contributed by atoms with Crippen molar-refractivity contribution in [1.82, 2.24) is 0 Å². The molecule has 0 radical (unpaired) electrons. The van der Waals surface area contributed by atoms with Crippen molar-refractivity contribution in [2.45, 2.75) is 13.0 Å². The highest BCUT2D eigenvalue weighted by Gasteiger charge is 2.06. The molecule has 0 aliphatic carbocycles. The summed E-state index contributed by atoms with van der Waals surface area (Å²) in [6, 6.07) is 4.59. The van der Waals surface area contributed by atoms with Crippen molar-refractivity contribution in [2.24, 2.45) is 5.73 Å². The lowest BCUT2D eigenvalue weighted by Crippen LogP contribution is -2.08. The molecule has 1 rings (SSSR count). The van der Waals surface area contributed by atoms with Crippen LogP contribution in [0.4, 0.5) is 4.39 Å². The minimum absolute atomic E-state index is 0. The van der Waals surface area contributed by atoms with Gasteiger partial charge in [0.15, 0.2) is 0 Å². The van der Waals surface area contributed by atoms with Crippen LogP contribution in [-0.2, 0) is 0 Å². The van der Waals surface area contributed by atoms with E-state index < -0.39 is 6.04 Å². The third-order valence-electron chi connectivity index (χ3n) is 1.77. The van der Waals surface area contributed by atoms with Gasteiger partial charge in [0, 0.05) is 5.56 Å². The fraction of sp³-hybridized carbons (Fsp3) is 0.200. The second-order valence-corrected chi connectivity index (χ2v) is 2.79. The highest BCUT2D eigenvalue weighted by molar-refractivity contribution is 5.85. The van der Waals surface area contributed by atoms with Gasteiger partial charge in [0.05, 0.1) is 6.04 Å². The Morgan fingerprint density at radius 2 is 2.15 bits per heavy atom. The van der Waals surface area contributed by atoms with Crippen LogP contribution in [0, 0.1) is 12.7 Å². The molecule has 13 heavy (non-hydrogen) atoms. The van der Waals surface area contributed by atoms with E-state index in [2.05, 4.69) is 6.58 Å². The standard InChI is InChI=1S/C10H12FN.ClH/c1-3-10(12)8-5-4-7(2)6-9(8)11;/h3-6,10H,1,12H2,2H3;1H/t10-;/m1./s1. The smallest absolute Gasteiger partial charge is 0.128 e. The molecule has 2 N–H and O–H groups in total. The predicted octanol–water partition coefficient (Wildman–Crippen LogP) is 2.74. The van der Waals surface area contributed by atoms with Crippen LogP contribution in [0.15, 0.2) is 30.9 Å². The van der Waals surface area contributed by atoms with Crippen molar-refractivity contribution in [2.75, 3.05) is 0 Å². The lowest BCUT2D eigenvalue weighted by molar-refractivity contribution is 0.601. The van der Waals surface area contributed by atoms with Gasteiger partial charge in [0.25, 0.3) is 0 Å². The number of halogens is 2. The summed E-state index contributed by atoms with van der Waals surface area (Å²) in [5.74, 6) is -0.262. The summed E-state index contributed by atoms with van der Waals surface area (Å²) in [5.41, 5.74) is 6.98. The molecular weight excluding hydrogens is 189 g/mol. The highest BCUT2D eigenvalue weighted by atomic mass is 35.5. The number of nitrogens with two attached hydrogens (primary N) is 1. The van der Waals surface area contributed by atoms with Gasteiger partial charge in [-0.15, -0.1) is 19.0 Å². The molecule has 0 amide bonds. The Balaban J connectivity index is 0.00000144. The molecule has 3 heteroatoms. The van der Waals surface area contributed by atoms with Crippen LogP contribution >= 0.6 is 12.4 Å². The quantitative estimate of drug-likeness (QED) is 0.732. The van der Waals surface area contributed by atoms with Crippen molar-refractivity contribution in [3.63, 3.8) is 0 Å². The van der Waals surface area contributed by atoms with Crippen molar-refractivity contribution < 1.29 is 4.39 Å². The van der Waals surface area contributed by atoms with Crippen LogP contribution in [0.2, 0.25) is 0 Å². The summed E-state index contributed by atoms with van der Waals surface area (Å²) in [7, 11) is 0. The van der Waals surface area contributed by atoms with E-state index in [1.54, 1.807) is 6.07 Å². The molecule has 0 aliphatic rings. The topological polar surface area (TPSA) is 26.0 Å². The van der Waals surface area contributed by atoms with Crippen molar-refractivity contribution >= 4 is 12.4 Å². The molecule has 0 spiro atoms. The maximum atomic E-state index is 13.2. The Kier molecular flexibility index (Phi) is 4.67. The Morgan fingerprint density at radius 3 is 2.62 bits per heavy atom. The Hall–Kier alpha value is -0.860. The first-order valence-electron chi connectivity index (χ1n) is 3.79. The molecule has 0 aliphatic heterocycles. The zero-order chi connectivity index (χ0) is 9.14. The molecule has 72 valence electrons. The largest absolute Gasteiger partial charge is 0.321 e. The normalized spacial score (nSPS) is 11.6. The molecule has 1 aromatic rings. The van der Waals surface area contributed by atoms with Gasteiger partial charge in [-0.25, -0.2) is 4.39 Å². The van der Waals surface area contributed by atoms with Crippen molar-refractivity contribution in [1.29, 1.82) is 0 Å². The first-order chi connectivity index (χ1) is 5.65. The third-order valence-corrected chi connectivity index (χ3v) is 1.77. The van der Waals surface area contributed by atoms with E-state index in [0.717, 1.165) is 5.56 Å². The van der Waals surface area contributed by atoms with Gasteiger partial charge in [0.1, 0.15) is 5.82 Å². The van der Waals surface area contributed by atoms with E-state index >= 15 is 0 Å². The summed E-state index contributed by atoms with van der Waals surface area (Å²) in [5, 5.41) is 0. The van der Waals surface area contributed by atoms with Gasteiger partial charge in [-0.2, -0.15) is 0 Å². The average molecular weight is 202 g/mol. The lowest BCUT2D eigenvalue weighted by atomic mass is 10.1. The molecule has 1 aromatic carbocycles. The summed E-state index contributed by atoms with van der Waals surface area (Å²) in [6.07, 6.45) is 1.52. The Labute approximate surface area is 83.9 Å². The molecule has 0 unspecified atom stereocenters. The van der Waals surface area contributed by atoms with Crippen LogP contribution in [0.1, 0.15) is 17.2 Å². The number of hydrogen-bond donors (Lipinski definition) is 1. The van der Waals surface area contributed by atoms with E-state index in [-0.39, 0.29) is 18.2 Å². The van der Waals surface area contributed by atoms with Gasteiger partial charge in [-0.05, 0) is 18.6 Å². The van der Waals surface area contributed by atoms with Crippen LogP contribution in [0.25, 0.3) is 0 Å². The SMILES string of the molecule is C=C[C@@H](N)c1ccc(C)cc1F.Cl. The van der Waals surface area contributed by atoms with Gasteiger partial charge in [-0.3, -0.25) is 0 Å². The van der Waals surface area contributed by atoms with E-state index in [1.807, 2.05) is 13.0 Å². The van der Waals surface area contributed by atoms with E-state index in [0.29, 0.717) is 5.56 Å². The van der Waals surface area contributed by atoms with Crippen LogP contribution < -0.4 is 5.73 Å². The zero-order valence-electron chi connectivity index (χ0n) is 7.46. The zero-order valence-corrected chi connectivity index (χ0v) is 8.27. The van der Waals surface area contributed by atoms with Gasteiger partial charge in [0.2, 0.25) is 0 Å². The first-order valence-corrected chi connectivity index (χ1v) is 3.79. The van der Waals surface area contributed by atoms with Crippen LogP contribution in [0.5, 0.6) is 0 Å². The highest BCUT2D eigenvalue weighted by Crippen LogP contribution is 2.16. The summed E-state index contributed by atoms with van der Waals surface area (Å²) >= 11 is 0. The molecule has 0 saturated heterocycles. The number of rotatable bonds is 2. The van der Waals surface area contributed by atoms with E-state index in [4.69, 9.17) is 5.73 Å². The maximum absolute atomic E-state index is 13.2. The number of aryl methyl sites for hydroxylation is 1. The minimum atomic E-state index is -0.411. The van der Waals surface area contributed by atoms with E-state index in [1.165, 1.54) is 12.1 Å². The first kappa shape index (κ1) is 12.1. The second-order valence-electron chi connectivity index (χ2n) is 2.79. The monoisotopic (exact) mass is 201 g/mol. The van der Waals surface area contributed by atoms with Crippen LogP contribution in [0.3, 0.4) is 0 Å². The number of benzene rings is 1. The molecule has 0 heterocycles. The fourth-order valence-electron chi connectivity index (χ4n) is 1.03. The van der Waals surface area contributed by atoms with Gasteiger partial charge >= 0.3 is 0 Å². The predicted molar refractivity (Wildman–Crippen MR) is 55.5 cm³/mol. The maximum Gasteiger partial charge on any atom is 0.128 e. The van der Waals surface area contributed by atoms with E-state index in [9.17, 15) is 4.39 Å². The minimum Gasteiger partial charge on any atom is -0.321 e. The molecule has 1 nitrogen and oxygen atoms in total. The Bertz CT molecular complexity index is 299. The lowest BCUT2D eigenvalue weighted by Gasteiger charge is -2.07. The van der Waals surface area contributed by atoms with Crippen LogP contribution in [-0.4, -0.2) is 0 Å². The molecule has 1 atom stereocenters. The van der Waals surface area contributed by atoms with Gasteiger partial charge < -0.3 is 5.73 Å². The summed E-state index contributed by atoms with van der Waals surface area (Å²) < 4.78 is 13.2. The molecule has 0 fully saturated rings. The van der Waals surface area contributed by atoms with Gasteiger partial charge in [-0.1, -0.05) is 18.2 Å². The molecule has 0 saturated carbocycles. The number of hydrogen-bond acceptors (Lipinski definition) is 1. The second kappa shape index (κ2) is 5.00. The van der Waals surface area contributed by atoms with Crippen molar-refractivity contribution in [3.8, 4) is 0 Å². The third kappa shape index (κ3) is 2.83. The molecule has 0 aromatic heterocycles.